The fourth-order valence-electron chi connectivity index (χ4n) is 2.39. The second-order valence-electron chi connectivity index (χ2n) is 4.61. The summed E-state index contributed by atoms with van der Waals surface area (Å²) in [4.78, 5) is 18.2. The van der Waals surface area contributed by atoms with Gasteiger partial charge >= 0.3 is 0 Å². The first kappa shape index (κ1) is 13.1. The minimum Gasteiger partial charge on any atom is -0.492 e. The van der Waals surface area contributed by atoms with Crippen LogP contribution in [0.3, 0.4) is 0 Å². The lowest BCUT2D eigenvalue weighted by Crippen LogP contribution is -2.23. The maximum Gasteiger partial charge on any atom is 0.260 e. The van der Waals surface area contributed by atoms with Gasteiger partial charge in [0, 0.05) is 11.9 Å². The molecule has 104 valence electrons. The van der Waals surface area contributed by atoms with Gasteiger partial charge in [0.1, 0.15) is 11.8 Å². The summed E-state index contributed by atoms with van der Waals surface area (Å²) in [6, 6.07) is 10.8. The largest absolute Gasteiger partial charge is 0.492 e. The van der Waals surface area contributed by atoms with Gasteiger partial charge < -0.3 is 9.64 Å². The molecule has 1 amide bonds. The number of ether oxygens (including phenoxy) is 1. The SMILES string of the molecule is CCOc1ccc(N2Cc3ncccc3C2=O)cc1C#N. The van der Waals surface area contributed by atoms with Crippen molar-refractivity contribution in [2.75, 3.05) is 11.5 Å². The van der Waals surface area contributed by atoms with Gasteiger partial charge in [-0.25, -0.2) is 0 Å². The summed E-state index contributed by atoms with van der Waals surface area (Å²) in [6.07, 6.45) is 1.68. The number of nitriles is 1. The molecule has 1 aliphatic heterocycles. The maximum absolute atomic E-state index is 12.4. The normalized spacial score (nSPS) is 13.0. The number of carbonyl (C=O) groups excluding carboxylic acids is 1. The van der Waals surface area contributed by atoms with Gasteiger partial charge in [0.2, 0.25) is 0 Å². The molecule has 0 unspecified atom stereocenters. The van der Waals surface area contributed by atoms with Gasteiger partial charge in [-0.3, -0.25) is 9.78 Å². The highest BCUT2D eigenvalue weighted by molar-refractivity contribution is 6.09. The van der Waals surface area contributed by atoms with Crippen molar-refractivity contribution in [3.63, 3.8) is 0 Å². The average Bonchev–Trinajstić information content (AvgIpc) is 2.86. The van der Waals surface area contributed by atoms with E-state index in [1.54, 1.807) is 41.4 Å². The van der Waals surface area contributed by atoms with Crippen LogP contribution in [0.25, 0.3) is 0 Å². The molecule has 0 atom stereocenters. The lowest BCUT2D eigenvalue weighted by molar-refractivity contribution is 0.0996. The minimum absolute atomic E-state index is 0.0915. The molecule has 0 radical (unpaired) electrons. The smallest absolute Gasteiger partial charge is 0.260 e. The van der Waals surface area contributed by atoms with Crippen LogP contribution >= 0.6 is 0 Å². The van der Waals surface area contributed by atoms with Crippen LogP contribution in [0.4, 0.5) is 5.69 Å². The molecular formula is C16H13N3O2. The Bertz CT molecular complexity index is 749. The zero-order valence-corrected chi connectivity index (χ0v) is 11.5. The lowest BCUT2D eigenvalue weighted by Gasteiger charge is -2.16. The summed E-state index contributed by atoms with van der Waals surface area (Å²) >= 11 is 0. The van der Waals surface area contributed by atoms with Gasteiger partial charge in [0.25, 0.3) is 5.91 Å². The van der Waals surface area contributed by atoms with Crippen LogP contribution in [-0.2, 0) is 6.54 Å². The Morgan fingerprint density at radius 2 is 2.29 bits per heavy atom. The van der Waals surface area contributed by atoms with Gasteiger partial charge in [-0.1, -0.05) is 0 Å². The number of nitrogens with zero attached hydrogens (tertiary/aromatic N) is 3. The third kappa shape index (κ3) is 2.21. The van der Waals surface area contributed by atoms with E-state index >= 15 is 0 Å². The molecule has 2 heterocycles. The highest BCUT2D eigenvalue weighted by atomic mass is 16.5. The molecule has 21 heavy (non-hydrogen) atoms. The van der Waals surface area contributed by atoms with Crippen molar-refractivity contribution in [2.24, 2.45) is 0 Å². The lowest BCUT2D eigenvalue weighted by atomic mass is 10.2. The first-order chi connectivity index (χ1) is 10.2. The molecule has 0 saturated carbocycles. The summed E-state index contributed by atoms with van der Waals surface area (Å²) in [5.41, 5.74) is 2.48. The number of aromatic nitrogens is 1. The van der Waals surface area contributed by atoms with Crippen LogP contribution in [0.2, 0.25) is 0 Å². The van der Waals surface area contributed by atoms with Crippen LogP contribution in [0, 0.1) is 11.3 Å². The second kappa shape index (κ2) is 5.25. The highest BCUT2D eigenvalue weighted by Gasteiger charge is 2.29. The van der Waals surface area contributed by atoms with Crippen LogP contribution < -0.4 is 9.64 Å². The Labute approximate surface area is 122 Å². The molecule has 0 spiro atoms. The summed E-state index contributed by atoms with van der Waals surface area (Å²) in [5.74, 6) is 0.442. The minimum atomic E-state index is -0.0915. The third-order valence-electron chi connectivity index (χ3n) is 3.37. The van der Waals surface area contributed by atoms with Crippen LogP contribution in [-0.4, -0.2) is 17.5 Å². The monoisotopic (exact) mass is 279 g/mol. The molecule has 1 aliphatic rings. The van der Waals surface area contributed by atoms with Gasteiger partial charge in [0.05, 0.1) is 30.0 Å². The summed E-state index contributed by atoms with van der Waals surface area (Å²) in [7, 11) is 0. The van der Waals surface area contributed by atoms with E-state index in [2.05, 4.69) is 11.1 Å². The number of carbonyl (C=O) groups is 1. The third-order valence-corrected chi connectivity index (χ3v) is 3.37. The molecule has 0 N–H and O–H groups in total. The van der Waals surface area contributed by atoms with Crippen molar-refractivity contribution in [2.45, 2.75) is 13.5 Å². The molecule has 5 nitrogen and oxygen atoms in total. The van der Waals surface area contributed by atoms with Crippen molar-refractivity contribution >= 4 is 11.6 Å². The van der Waals surface area contributed by atoms with E-state index in [-0.39, 0.29) is 5.91 Å². The molecule has 1 aromatic heterocycles. The number of hydrogen-bond acceptors (Lipinski definition) is 4. The van der Waals surface area contributed by atoms with E-state index in [9.17, 15) is 10.1 Å². The van der Waals surface area contributed by atoms with Crippen molar-refractivity contribution in [1.82, 2.24) is 4.98 Å². The predicted molar refractivity (Wildman–Crippen MR) is 77.1 cm³/mol. The van der Waals surface area contributed by atoms with E-state index in [4.69, 9.17) is 4.74 Å². The second-order valence-corrected chi connectivity index (χ2v) is 4.61. The molecule has 0 bridgehead atoms. The summed E-state index contributed by atoms with van der Waals surface area (Å²) in [6.45, 7) is 2.78. The molecular weight excluding hydrogens is 266 g/mol. The van der Waals surface area contributed by atoms with Gasteiger partial charge in [-0.2, -0.15) is 5.26 Å². The Morgan fingerprint density at radius 3 is 3.00 bits per heavy atom. The number of pyridine rings is 1. The van der Waals surface area contributed by atoms with E-state index in [1.807, 2.05) is 6.92 Å². The molecule has 3 rings (SSSR count). The molecule has 0 saturated heterocycles. The number of benzene rings is 1. The van der Waals surface area contributed by atoms with Crippen LogP contribution in [0.1, 0.15) is 28.5 Å². The molecule has 1 aromatic carbocycles. The Hall–Kier alpha value is -2.87. The Morgan fingerprint density at radius 1 is 1.43 bits per heavy atom. The van der Waals surface area contributed by atoms with E-state index < -0.39 is 0 Å². The summed E-state index contributed by atoms with van der Waals surface area (Å²) in [5, 5.41) is 9.21. The number of anilines is 1. The zero-order chi connectivity index (χ0) is 14.8. The standard InChI is InChI=1S/C16H13N3O2/c1-2-21-15-6-5-12(8-11(15)9-17)19-10-14-13(16(19)20)4-3-7-18-14/h3-8H,2,10H2,1H3. The van der Waals surface area contributed by atoms with Crippen molar-refractivity contribution in [3.05, 3.63) is 53.3 Å². The van der Waals surface area contributed by atoms with Crippen molar-refractivity contribution < 1.29 is 9.53 Å². The van der Waals surface area contributed by atoms with Crippen molar-refractivity contribution in [3.8, 4) is 11.8 Å². The van der Waals surface area contributed by atoms with Crippen LogP contribution in [0.5, 0.6) is 5.75 Å². The average molecular weight is 279 g/mol. The van der Waals surface area contributed by atoms with Gasteiger partial charge in [0.15, 0.2) is 0 Å². The van der Waals surface area contributed by atoms with E-state index in [0.717, 1.165) is 5.69 Å². The maximum atomic E-state index is 12.4. The van der Waals surface area contributed by atoms with Crippen molar-refractivity contribution in [1.29, 1.82) is 5.26 Å². The first-order valence-electron chi connectivity index (χ1n) is 6.67. The fourth-order valence-corrected chi connectivity index (χ4v) is 2.39. The molecule has 2 aromatic rings. The van der Waals surface area contributed by atoms with Crippen LogP contribution in [0.15, 0.2) is 36.5 Å². The summed E-state index contributed by atoms with van der Waals surface area (Å²) < 4.78 is 5.40. The molecule has 0 fully saturated rings. The van der Waals surface area contributed by atoms with Gasteiger partial charge in [-0.05, 0) is 37.3 Å². The van der Waals surface area contributed by atoms with E-state index in [1.165, 1.54) is 0 Å². The highest BCUT2D eigenvalue weighted by Crippen LogP contribution is 2.30. The topological polar surface area (TPSA) is 66.2 Å². The first-order valence-corrected chi connectivity index (χ1v) is 6.67. The zero-order valence-electron chi connectivity index (χ0n) is 11.5. The number of amides is 1. The number of hydrogen-bond donors (Lipinski definition) is 0. The molecule has 0 aliphatic carbocycles. The van der Waals surface area contributed by atoms with Gasteiger partial charge in [-0.15, -0.1) is 0 Å². The number of rotatable bonds is 3. The number of fused-ring (bicyclic) bond motifs is 1. The Kier molecular flexibility index (Phi) is 3.28. The fraction of sp³-hybridized carbons (Fsp3) is 0.188. The Balaban J connectivity index is 1.96. The predicted octanol–water partition coefficient (Wildman–Crippen LogP) is 2.51. The van der Waals surface area contributed by atoms with E-state index in [0.29, 0.717) is 35.7 Å². The molecule has 5 heteroatoms. The quantitative estimate of drug-likeness (QED) is 0.865.